The van der Waals surface area contributed by atoms with Crippen LogP contribution in [-0.4, -0.2) is 27.2 Å². The molecule has 0 saturated carbocycles. The third-order valence-corrected chi connectivity index (χ3v) is 5.11. The number of nitrogens with zero attached hydrogens (tertiary/aromatic N) is 1. The fourth-order valence-corrected chi connectivity index (χ4v) is 3.18. The van der Waals surface area contributed by atoms with Crippen LogP contribution in [0.1, 0.15) is 10.4 Å². The van der Waals surface area contributed by atoms with Crippen molar-refractivity contribution in [1.82, 2.24) is 5.32 Å². The number of hydrogen-bond donors (Lipinski definition) is 2. The molecule has 0 aliphatic rings. The number of hydrogen-bond acceptors (Lipinski definition) is 4. The fraction of sp³-hybridized carbons (Fsp3) is 0.267. The molecule has 0 saturated heterocycles. The molecule has 2 rings (SSSR count). The molecule has 1 aromatic carbocycles. The minimum absolute atomic E-state index is 0. The number of thiophene rings is 1. The maximum atomic E-state index is 11.4. The molecule has 0 atom stereocenters. The van der Waals surface area contributed by atoms with Crippen molar-refractivity contribution in [3.8, 4) is 0 Å². The van der Waals surface area contributed by atoms with E-state index in [9.17, 15) is 8.42 Å². The van der Waals surface area contributed by atoms with Crippen molar-refractivity contribution in [2.45, 2.75) is 17.9 Å². The minimum Gasteiger partial charge on any atom is -0.370 e. The van der Waals surface area contributed by atoms with E-state index in [1.807, 2.05) is 11.4 Å². The van der Waals surface area contributed by atoms with Crippen molar-refractivity contribution in [2.75, 3.05) is 12.8 Å². The minimum atomic E-state index is -3.16. The summed E-state index contributed by atoms with van der Waals surface area (Å²) in [5.41, 5.74) is 6.72. The molecule has 1 aromatic heterocycles. The first-order valence-corrected chi connectivity index (χ1v) is 9.57. The van der Waals surface area contributed by atoms with E-state index >= 15 is 0 Å². The molecule has 0 spiro atoms. The predicted molar refractivity (Wildman–Crippen MR) is 106 cm³/mol. The Morgan fingerprint density at radius 1 is 1.26 bits per heavy atom. The van der Waals surface area contributed by atoms with Crippen LogP contribution in [0.4, 0.5) is 0 Å². The average Bonchev–Trinajstić information content (AvgIpc) is 2.98. The number of nitrogens with two attached hydrogens (primary N) is 1. The zero-order valence-electron chi connectivity index (χ0n) is 12.7. The molecule has 0 unspecified atom stereocenters. The van der Waals surface area contributed by atoms with E-state index in [1.165, 1.54) is 11.1 Å². The summed E-state index contributed by atoms with van der Waals surface area (Å²) in [6, 6.07) is 10.8. The maximum Gasteiger partial charge on any atom is 0.188 e. The van der Waals surface area contributed by atoms with Crippen molar-refractivity contribution < 1.29 is 8.42 Å². The van der Waals surface area contributed by atoms with Crippen LogP contribution in [0.15, 0.2) is 51.7 Å². The molecule has 0 aliphatic heterocycles. The van der Waals surface area contributed by atoms with Crippen LogP contribution in [0, 0.1) is 0 Å². The van der Waals surface area contributed by atoms with Crippen molar-refractivity contribution in [3.63, 3.8) is 0 Å². The van der Waals surface area contributed by atoms with Gasteiger partial charge in [-0.25, -0.2) is 13.4 Å². The number of benzene rings is 1. The van der Waals surface area contributed by atoms with Gasteiger partial charge in [0.15, 0.2) is 15.8 Å². The number of sulfone groups is 1. The summed E-state index contributed by atoms with van der Waals surface area (Å²) in [6.07, 6.45) is 2.10. The van der Waals surface area contributed by atoms with Gasteiger partial charge in [-0.3, -0.25) is 0 Å². The van der Waals surface area contributed by atoms with E-state index in [4.69, 9.17) is 5.73 Å². The van der Waals surface area contributed by atoms with Gasteiger partial charge < -0.3 is 11.1 Å². The molecule has 0 aliphatic carbocycles. The molecular weight excluding hydrogens is 445 g/mol. The zero-order chi connectivity index (χ0) is 16.0. The molecule has 0 bridgehead atoms. The molecular formula is C15H20IN3O2S2. The number of aliphatic imine (C=N–C) groups is 1. The Bertz CT molecular complexity index is 727. The summed E-state index contributed by atoms with van der Waals surface area (Å²) in [6.45, 7) is 1.16. The van der Waals surface area contributed by atoms with Crippen LogP contribution in [0.2, 0.25) is 0 Å². The predicted octanol–water partition coefficient (Wildman–Crippen LogP) is 2.42. The van der Waals surface area contributed by atoms with Crippen LogP contribution in [0.3, 0.4) is 0 Å². The van der Waals surface area contributed by atoms with Gasteiger partial charge in [0.25, 0.3) is 0 Å². The lowest BCUT2D eigenvalue weighted by Crippen LogP contribution is -2.33. The Kier molecular flexibility index (Phi) is 8.00. The van der Waals surface area contributed by atoms with Crippen molar-refractivity contribution in [1.29, 1.82) is 0 Å². The van der Waals surface area contributed by atoms with Gasteiger partial charge >= 0.3 is 0 Å². The molecule has 1 heterocycles. The van der Waals surface area contributed by atoms with Gasteiger partial charge in [-0.05, 0) is 35.6 Å². The van der Waals surface area contributed by atoms with Crippen molar-refractivity contribution >= 4 is 51.1 Å². The second-order valence-corrected chi connectivity index (χ2v) is 7.92. The van der Waals surface area contributed by atoms with Gasteiger partial charge in [-0.15, -0.1) is 35.3 Å². The van der Waals surface area contributed by atoms with E-state index in [2.05, 4.69) is 16.4 Å². The van der Waals surface area contributed by atoms with Crippen LogP contribution in [0.25, 0.3) is 0 Å². The Hall–Kier alpha value is -1.13. The second-order valence-electron chi connectivity index (χ2n) is 4.87. The van der Waals surface area contributed by atoms with E-state index in [0.717, 1.165) is 18.5 Å². The molecule has 0 amide bonds. The first-order chi connectivity index (χ1) is 10.4. The fourth-order valence-electron chi connectivity index (χ4n) is 1.84. The second kappa shape index (κ2) is 9.24. The average molecular weight is 465 g/mol. The molecule has 3 N–H and O–H groups in total. The summed E-state index contributed by atoms with van der Waals surface area (Å²) < 4.78 is 22.7. The summed E-state index contributed by atoms with van der Waals surface area (Å²) in [7, 11) is -3.16. The van der Waals surface area contributed by atoms with Crippen LogP contribution >= 0.6 is 35.3 Å². The van der Waals surface area contributed by atoms with Crippen LogP contribution < -0.4 is 11.1 Å². The Morgan fingerprint density at radius 2 is 1.96 bits per heavy atom. The highest BCUT2D eigenvalue weighted by Gasteiger charge is 2.05. The Morgan fingerprint density at radius 3 is 2.52 bits per heavy atom. The van der Waals surface area contributed by atoms with Crippen molar-refractivity contribution in [2.24, 2.45) is 10.7 Å². The number of halogens is 1. The molecule has 5 nitrogen and oxygen atoms in total. The lowest BCUT2D eigenvalue weighted by Gasteiger charge is -2.05. The SMILES string of the molecule is CS(=O)(=O)c1ccc(CN=C(N)NCCc2cccs2)cc1.I. The van der Waals surface area contributed by atoms with Gasteiger partial charge in [0.05, 0.1) is 11.4 Å². The van der Waals surface area contributed by atoms with Gasteiger partial charge in [0.1, 0.15) is 0 Å². The third-order valence-electron chi connectivity index (χ3n) is 3.04. The topological polar surface area (TPSA) is 84.5 Å². The molecule has 23 heavy (non-hydrogen) atoms. The first kappa shape index (κ1) is 19.9. The van der Waals surface area contributed by atoms with Gasteiger partial charge in [0.2, 0.25) is 0 Å². The first-order valence-electron chi connectivity index (χ1n) is 6.80. The Labute approximate surface area is 158 Å². The lowest BCUT2D eigenvalue weighted by molar-refractivity contribution is 0.602. The summed E-state index contributed by atoms with van der Waals surface area (Å²) in [4.78, 5) is 5.85. The third kappa shape index (κ3) is 6.88. The molecule has 2 aromatic rings. The smallest absolute Gasteiger partial charge is 0.188 e. The normalized spacial score (nSPS) is 11.8. The number of guanidine groups is 1. The maximum absolute atomic E-state index is 11.4. The van der Waals surface area contributed by atoms with Crippen LogP contribution in [-0.2, 0) is 22.8 Å². The highest BCUT2D eigenvalue weighted by atomic mass is 127. The number of rotatable bonds is 6. The monoisotopic (exact) mass is 465 g/mol. The summed E-state index contributed by atoms with van der Waals surface area (Å²) in [5.74, 6) is 0.392. The van der Waals surface area contributed by atoms with E-state index in [1.54, 1.807) is 35.6 Å². The van der Waals surface area contributed by atoms with Gasteiger partial charge in [-0.1, -0.05) is 18.2 Å². The highest BCUT2D eigenvalue weighted by Crippen LogP contribution is 2.11. The largest absolute Gasteiger partial charge is 0.370 e. The van der Waals surface area contributed by atoms with Crippen molar-refractivity contribution in [3.05, 3.63) is 52.2 Å². The van der Waals surface area contributed by atoms with E-state index in [-0.39, 0.29) is 24.0 Å². The summed E-state index contributed by atoms with van der Waals surface area (Å²) >= 11 is 1.72. The molecule has 0 radical (unpaired) electrons. The van der Waals surface area contributed by atoms with Crippen LogP contribution in [0.5, 0.6) is 0 Å². The molecule has 0 fully saturated rings. The Balaban J connectivity index is 0.00000264. The number of nitrogens with one attached hydrogen (secondary N) is 1. The standard InChI is InChI=1S/C15H19N3O2S2.HI/c1-22(19,20)14-6-4-12(5-7-14)11-18-15(16)17-9-8-13-3-2-10-21-13;/h2-7,10H,8-9,11H2,1H3,(H3,16,17,18);1H. The van der Waals surface area contributed by atoms with Gasteiger partial charge in [0, 0.05) is 17.7 Å². The zero-order valence-corrected chi connectivity index (χ0v) is 16.7. The summed E-state index contributed by atoms with van der Waals surface area (Å²) in [5, 5.41) is 5.11. The van der Waals surface area contributed by atoms with E-state index in [0.29, 0.717) is 17.4 Å². The van der Waals surface area contributed by atoms with E-state index < -0.39 is 9.84 Å². The van der Waals surface area contributed by atoms with Gasteiger partial charge in [-0.2, -0.15) is 0 Å². The quantitative estimate of drug-likeness (QED) is 0.390. The molecule has 8 heteroatoms. The lowest BCUT2D eigenvalue weighted by atomic mass is 10.2. The molecule has 126 valence electrons. The highest BCUT2D eigenvalue weighted by molar-refractivity contribution is 14.0.